The molecule has 0 atom stereocenters. The van der Waals surface area contributed by atoms with Crippen LogP contribution in [0.15, 0.2) is 0 Å². The lowest BCUT2D eigenvalue weighted by atomic mass is 10.3. The number of hydrazine groups is 1. The summed E-state index contributed by atoms with van der Waals surface area (Å²) >= 11 is 0. The molecule has 0 spiro atoms. The SMILES string of the molecule is NN1CCN(C2CC2)C(=O)C1. The molecule has 2 N–H and O–H groups in total. The van der Waals surface area contributed by atoms with Crippen LogP contribution < -0.4 is 5.84 Å². The number of nitrogens with two attached hydrogens (primary N) is 1. The van der Waals surface area contributed by atoms with E-state index < -0.39 is 0 Å². The first kappa shape index (κ1) is 7.06. The number of rotatable bonds is 1. The predicted molar refractivity (Wildman–Crippen MR) is 40.5 cm³/mol. The molecule has 1 saturated heterocycles. The Kier molecular flexibility index (Phi) is 1.58. The molecule has 2 aliphatic rings. The molecule has 11 heavy (non-hydrogen) atoms. The van der Waals surface area contributed by atoms with Crippen LogP contribution in [0.25, 0.3) is 0 Å². The normalized spacial score (nSPS) is 27.7. The Labute approximate surface area is 65.9 Å². The molecule has 0 aromatic heterocycles. The van der Waals surface area contributed by atoms with E-state index in [-0.39, 0.29) is 5.91 Å². The van der Waals surface area contributed by atoms with Crippen molar-refractivity contribution < 1.29 is 4.79 Å². The van der Waals surface area contributed by atoms with Gasteiger partial charge in [0.05, 0.1) is 6.54 Å². The molecule has 1 heterocycles. The number of hydrogen-bond donors (Lipinski definition) is 1. The number of amides is 1. The Bertz CT molecular complexity index is 179. The molecule has 0 aromatic rings. The average molecular weight is 155 g/mol. The quantitative estimate of drug-likeness (QED) is 0.503. The van der Waals surface area contributed by atoms with E-state index in [1.165, 1.54) is 12.8 Å². The van der Waals surface area contributed by atoms with E-state index >= 15 is 0 Å². The maximum atomic E-state index is 11.3. The Morgan fingerprint density at radius 3 is 2.64 bits per heavy atom. The van der Waals surface area contributed by atoms with E-state index in [1.807, 2.05) is 4.90 Å². The van der Waals surface area contributed by atoms with Crippen molar-refractivity contribution in [3.05, 3.63) is 0 Å². The van der Waals surface area contributed by atoms with Gasteiger partial charge in [-0.2, -0.15) is 0 Å². The second-order valence-corrected chi connectivity index (χ2v) is 3.29. The average Bonchev–Trinajstić information content (AvgIpc) is 2.70. The standard InChI is InChI=1S/C7H13N3O/c8-9-3-4-10(6-1-2-6)7(11)5-9/h6H,1-5,8H2. The van der Waals surface area contributed by atoms with Gasteiger partial charge < -0.3 is 4.90 Å². The van der Waals surface area contributed by atoms with Crippen LogP contribution in [-0.2, 0) is 4.79 Å². The minimum absolute atomic E-state index is 0.196. The number of hydrogen-bond acceptors (Lipinski definition) is 3. The lowest BCUT2D eigenvalue weighted by Gasteiger charge is -2.31. The predicted octanol–water partition coefficient (Wildman–Crippen LogP) is -0.833. The van der Waals surface area contributed by atoms with E-state index in [9.17, 15) is 4.79 Å². The van der Waals surface area contributed by atoms with Crippen molar-refractivity contribution in [3.8, 4) is 0 Å². The largest absolute Gasteiger partial charge is 0.337 e. The van der Waals surface area contributed by atoms with E-state index in [1.54, 1.807) is 5.01 Å². The number of nitrogens with zero attached hydrogens (tertiary/aromatic N) is 2. The van der Waals surface area contributed by atoms with Gasteiger partial charge in [-0.15, -0.1) is 0 Å². The Hall–Kier alpha value is -0.610. The molecule has 1 aliphatic heterocycles. The summed E-state index contributed by atoms with van der Waals surface area (Å²) in [5.41, 5.74) is 0. The van der Waals surface area contributed by atoms with E-state index in [4.69, 9.17) is 5.84 Å². The monoisotopic (exact) mass is 155 g/mol. The van der Waals surface area contributed by atoms with Gasteiger partial charge in [0.2, 0.25) is 5.91 Å². The highest BCUT2D eigenvalue weighted by Crippen LogP contribution is 2.27. The molecule has 2 rings (SSSR count). The van der Waals surface area contributed by atoms with E-state index in [0.717, 1.165) is 13.1 Å². The van der Waals surface area contributed by atoms with Crippen LogP contribution in [0.2, 0.25) is 0 Å². The fourth-order valence-electron chi connectivity index (χ4n) is 1.48. The molecular weight excluding hydrogens is 142 g/mol. The van der Waals surface area contributed by atoms with Crippen LogP contribution in [0.3, 0.4) is 0 Å². The molecule has 0 unspecified atom stereocenters. The fourth-order valence-corrected chi connectivity index (χ4v) is 1.48. The van der Waals surface area contributed by atoms with Crippen LogP contribution in [0.4, 0.5) is 0 Å². The smallest absolute Gasteiger partial charge is 0.238 e. The third-order valence-electron chi connectivity index (χ3n) is 2.27. The van der Waals surface area contributed by atoms with Crippen LogP contribution in [0.1, 0.15) is 12.8 Å². The van der Waals surface area contributed by atoms with Crippen molar-refractivity contribution in [2.75, 3.05) is 19.6 Å². The molecule has 1 saturated carbocycles. The van der Waals surface area contributed by atoms with Crippen molar-refractivity contribution in [2.24, 2.45) is 5.84 Å². The molecule has 1 aliphatic carbocycles. The molecule has 4 heteroatoms. The zero-order valence-electron chi connectivity index (χ0n) is 6.49. The molecule has 1 amide bonds. The first-order valence-electron chi connectivity index (χ1n) is 4.06. The van der Waals surface area contributed by atoms with Crippen molar-refractivity contribution >= 4 is 5.91 Å². The van der Waals surface area contributed by atoms with E-state index in [2.05, 4.69) is 0 Å². The Morgan fingerprint density at radius 2 is 2.09 bits per heavy atom. The van der Waals surface area contributed by atoms with E-state index in [0.29, 0.717) is 12.6 Å². The molecular formula is C7H13N3O. The highest BCUT2D eigenvalue weighted by atomic mass is 16.2. The Balaban J connectivity index is 1.95. The number of carbonyl (C=O) groups excluding carboxylic acids is 1. The summed E-state index contributed by atoms with van der Waals surface area (Å²) in [6, 6.07) is 0.552. The Morgan fingerprint density at radius 1 is 1.36 bits per heavy atom. The summed E-state index contributed by atoms with van der Waals surface area (Å²) in [7, 11) is 0. The zero-order chi connectivity index (χ0) is 7.84. The van der Waals surface area contributed by atoms with Crippen molar-refractivity contribution in [1.29, 1.82) is 0 Å². The number of piperazine rings is 1. The van der Waals surface area contributed by atoms with Crippen molar-refractivity contribution in [2.45, 2.75) is 18.9 Å². The second-order valence-electron chi connectivity index (χ2n) is 3.29. The summed E-state index contributed by atoms with van der Waals surface area (Å²) in [6.45, 7) is 2.04. The van der Waals surface area contributed by atoms with Gasteiger partial charge in [0.25, 0.3) is 0 Å². The minimum Gasteiger partial charge on any atom is -0.337 e. The molecule has 0 aromatic carbocycles. The van der Waals surface area contributed by atoms with Gasteiger partial charge in [0.1, 0.15) is 0 Å². The number of carbonyl (C=O) groups is 1. The topological polar surface area (TPSA) is 49.6 Å². The summed E-state index contributed by atoms with van der Waals surface area (Å²) < 4.78 is 0. The molecule has 4 nitrogen and oxygen atoms in total. The van der Waals surface area contributed by atoms with Crippen LogP contribution >= 0.6 is 0 Å². The van der Waals surface area contributed by atoms with Crippen LogP contribution in [0.5, 0.6) is 0 Å². The first-order valence-corrected chi connectivity index (χ1v) is 4.06. The lowest BCUT2D eigenvalue weighted by molar-refractivity contribution is -0.136. The summed E-state index contributed by atoms with van der Waals surface area (Å²) in [5.74, 6) is 5.69. The highest BCUT2D eigenvalue weighted by Gasteiger charge is 2.34. The first-order chi connectivity index (χ1) is 5.27. The molecule has 62 valence electrons. The second kappa shape index (κ2) is 2.46. The summed E-state index contributed by atoms with van der Waals surface area (Å²) in [4.78, 5) is 13.3. The van der Waals surface area contributed by atoms with Gasteiger partial charge in [-0.05, 0) is 12.8 Å². The van der Waals surface area contributed by atoms with Gasteiger partial charge in [-0.25, -0.2) is 5.01 Å². The molecule has 0 radical (unpaired) electrons. The highest BCUT2D eigenvalue weighted by molar-refractivity contribution is 5.79. The summed E-state index contributed by atoms with van der Waals surface area (Å²) in [5, 5.41) is 1.58. The minimum atomic E-state index is 0.196. The van der Waals surface area contributed by atoms with Crippen molar-refractivity contribution in [1.82, 2.24) is 9.91 Å². The van der Waals surface area contributed by atoms with Crippen LogP contribution in [0, 0.1) is 0 Å². The van der Waals surface area contributed by atoms with Gasteiger partial charge >= 0.3 is 0 Å². The van der Waals surface area contributed by atoms with Crippen LogP contribution in [-0.4, -0.2) is 41.5 Å². The third kappa shape index (κ3) is 1.36. The van der Waals surface area contributed by atoms with Gasteiger partial charge in [0.15, 0.2) is 0 Å². The maximum Gasteiger partial charge on any atom is 0.238 e. The van der Waals surface area contributed by atoms with Crippen molar-refractivity contribution in [3.63, 3.8) is 0 Å². The third-order valence-corrected chi connectivity index (χ3v) is 2.27. The van der Waals surface area contributed by atoms with Gasteiger partial charge in [-0.3, -0.25) is 10.6 Å². The maximum absolute atomic E-state index is 11.3. The fraction of sp³-hybridized carbons (Fsp3) is 0.857. The molecule has 0 bridgehead atoms. The van der Waals surface area contributed by atoms with Gasteiger partial charge in [0, 0.05) is 19.1 Å². The summed E-state index contributed by atoms with van der Waals surface area (Å²) in [6.07, 6.45) is 2.38. The zero-order valence-corrected chi connectivity index (χ0v) is 6.49. The van der Waals surface area contributed by atoms with Gasteiger partial charge in [-0.1, -0.05) is 0 Å². The molecule has 2 fully saturated rings. The lowest BCUT2D eigenvalue weighted by Crippen LogP contribution is -2.53.